The van der Waals surface area contributed by atoms with Crippen LogP contribution in [0.1, 0.15) is 11.1 Å². The summed E-state index contributed by atoms with van der Waals surface area (Å²) in [6.45, 7) is 0. The molecule has 0 aliphatic rings. The molecule has 146 valence electrons. The molecule has 0 aromatic heterocycles. The standard InChI is InChI=1S/C18H21O8P/c1-22-14-8-7-12(9-15(14)26-27(19,20)21)5-6-13-10-16(23-2)18(25-4)17(11-13)24-3/h5-11H,1-4H3,(H2,19,20,21)/p+1/b6-5-. The van der Waals surface area contributed by atoms with E-state index in [1.54, 1.807) is 36.4 Å². The third-order valence-corrected chi connectivity index (χ3v) is 4.01. The second-order valence-electron chi connectivity index (χ2n) is 5.31. The molecule has 2 rings (SSSR count). The average Bonchev–Trinajstić information content (AvgIpc) is 2.64. The van der Waals surface area contributed by atoms with Crippen LogP contribution in [0.3, 0.4) is 0 Å². The third-order valence-electron chi connectivity index (χ3n) is 3.57. The number of hydrogen-bond donors (Lipinski definition) is 1. The van der Waals surface area contributed by atoms with Crippen LogP contribution in [0.4, 0.5) is 0 Å². The first-order valence-electron chi connectivity index (χ1n) is 7.75. The maximum absolute atomic E-state index is 11.2. The Bertz CT molecular complexity index is 847. The zero-order chi connectivity index (χ0) is 20.0. The van der Waals surface area contributed by atoms with E-state index in [0.717, 1.165) is 5.56 Å². The maximum Gasteiger partial charge on any atom is 0.690 e. The lowest BCUT2D eigenvalue weighted by atomic mass is 10.1. The van der Waals surface area contributed by atoms with Crippen molar-refractivity contribution in [1.29, 1.82) is 0 Å². The van der Waals surface area contributed by atoms with Gasteiger partial charge in [-0.2, -0.15) is 4.57 Å². The van der Waals surface area contributed by atoms with E-state index in [1.165, 1.54) is 34.5 Å². The summed E-state index contributed by atoms with van der Waals surface area (Å²) >= 11 is 0. The van der Waals surface area contributed by atoms with Gasteiger partial charge in [0.2, 0.25) is 5.75 Å². The predicted molar refractivity (Wildman–Crippen MR) is 102 cm³/mol. The van der Waals surface area contributed by atoms with Crippen LogP contribution in [0.15, 0.2) is 30.3 Å². The molecule has 0 amide bonds. The zero-order valence-corrected chi connectivity index (χ0v) is 16.3. The number of rotatable bonds is 8. The molecular weight excluding hydrogens is 375 g/mol. The first-order chi connectivity index (χ1) is 12.8. The van der Waals surface area contributed by atoms with Gasteiger partial charge in [0.1, 0.15) is 0 Å². The largest absolute Gasteiger partial charge is 0.690 e. The van der Waals surface area contributed by atoms with Gasteiger partial charge >= 0.3 is 7.82 Å². The molecule has 0 saturated carbocycles. The smallest absolute Gasteiger partial charge is 0.493 e. The van der Waals surface area contributed by atoms with Crippen LogP contribution < -0.4 is 23.5 Å². The number of benzene rings is 2. The molecule has 1 atom stereocenters. The summed E-state index contributed by atoms with van der Waals surface area (Å²) in [6.07, 6.45) is 3.56. The monoisotopic (exact) mass is 397 g/mol. The zero-order valence-electron chi connectivity index (χ0n) is 15.4. The number of ether oxygens (including phenoxy) is 4. The van der Waals surface area contributed by atoms with E-state index in [1.807, 2.05) is 0 Å². The summed E-state index contributed by atoms with van der Waals surface area (Å²) < 4.78 is 37.0. The van der Waals surface area contributed by atoms with Gasteiger partial charge in [-0.15, -0.1) is 0 Å². The molecule has 2 aromatic rings. The molecule has 1 unspecified atom stereocenters. The summed E-state index contributed by atoms with van der Waals surface area (Å²) in [7, 11) is 1.54. The summed E-state index contributed by atoms with van der Waals surface area (Å²) in [6, 6.07) is 8.39. The normalized spacial score (nSPS) is 13.1. The van der Waals surface area contributed by atoms with Gasteiger partial charge in [0.05, 0.1) is 28.4 Å². The van der Waals surface area contributed by atoms with Gasteiger partial charge in [-0.1, -0.05) is 18.2 Å². The fraction of sp³-hybridized carbons (Fsp3) is 0.222. The molecule has 0 saturated heterocycles. The van der Waals surface area contributed by atoms with Crippen LogP contribution >= 0.6 is 7.82 Å². The lowest BCUT2D eigenvalue weighted by Gasteiger charge is -2.13. The van der Waals surface area contributed by atoms with E-state index >= 15 is 0 Å². The highest BCUT2D eigenvalue weighted by Crippen LogP contribution is 2.42. The summed E-state index contributed by atoms with van der Waals surface area (Å²) in [5.41, 5.74) is 1.46. The molecule has 9 heteroatoms. The highest BCUT2D eigenvalue weighted by atomic mass is 31.2. The van der Waals surface area contributed by atoms with Gasteiger partial charge in [0.25, 0.3) is 0 Å². The van der Waals surface area contributed by atoms with Crippen LogP contribution in [0.2, 0.25) is 0 Å². The fourth-order valence-electron chi connectivity index (χ4n) is 2.39. The molecule has 3 N–H and O–H groups in total. The molecule has 0 fully saturated rings. The van der Waals surface area contributed by atoms with Crippen molar-refractivity contribution in [2.24, 2.45) is 0 Å². The first kappa shape index (κ1) is 20.6. The summed E-state index contributed by atoms with van der Waals surface area (Å²) in [5.74, 6) is 1.79. The van der Waals surface area contributed by atoms with Gasteiger partial charge < -0.3 is 28.4 Å². The molecule has 8 nitrogen and oxygen atoms in total. The Kier molecular flexibility index (Phi) is 6.74. The van der Waals surface area contributed by atoms with E-state index in [2.05, 4.69) is 0 Å². The minimum absolute atomic E-state index is 0.00498. The van der Waals surface area contributed by atoms with Gasteiger partial charge in [-0.05, 0) is 35.4 Å². The minimum Gasteiger partial charge on any atom is -0.493 e. The fourth-order valence-corrected chi connectivity index (χ4v) is 2.80. The Balaban J connectivity index is 2.37. The topological polar surface area (TPSA) is 106 Å². The van der Waals surface area contributed by atoms with E-state index in [0.29, 0.717) is 22.8 Å². The second-order valence-corrected chi connectivity index (χ2v) is 6.54. The lowest BCUT2D eigenvalue weighted by Crippen LogP contribution is -1.95. The Morgan fingerprint density at radius 3 is 1.81 bits per heavy atom. The van der Waals surface area contributed by atoms with Crippen molar-refractivity contribution in [3.05, 3.63) is 41.5 Å². The molecule has 27 heavy (non-hydrogen) atoms. The average molecular weight is 397 g/mol. The number of methoxy groups -OCH3 is 4. The summed E-state index contributed by atoms with van der Waals surface area (Å²) in [4.78, 5) is 16.2. The highest BCUT2D eigenvalue weighted by Gasteiger charge is 2.26. The van der Waals surface area contributed by atoms with E-state index < -0.39 is 7.82 Å². The van der Waals surface area contributed by atoms with Crippen molar-refractivity contribution >= 4 is 20.0 Å². The molecule has 0 aliphatic carbocycles. The van der Waals surface area contributed by atoms with Crippen molar-refractivity contribution in [3.8, 4) is 28.7 Å². The van der Waals surface area contributed by atoms with Gasteiger partial charge in [-0.25, -0.2) is 0 Å². The van der Waals surface area contributed by atoms with Crippen LogP contribution in [-0.2, 0) is 4.57 Å². The number of hydrogen-bond acceptors (Lipinski definition) is 6. The van der Waals surface area contributed by atoms with Crippen LogP contribution in [0, 0.1) is 0 Å². The van der Waals surface area contributed by atoms with E-state index in [9.17, 15) is 4.57 Å². The van der Waals surface area contributed by atoms with Gasteiger partial charge in [-0.3, -0.25) is 4.89 Å². The second kappa shape index (κ2) is 8.81. The maximum atomic E-state index is 11.2. The molecule has 0 heterocycles. The molecule has 2 aromatic carbocycles. The molecule has 0 bridgehead atoms. The van der Waals surface area contributed by atoms with Gasteiger partial charge in [0, 0.05) is 0 Å². The van der Waals surface area contributed by atoms with Crippen molar-refractivity contribution in [2.75, 3.05) is 28.4 Å². The Morgan fingerprint density at radius 2 is 1.33 bits per heavy atom. The lowest BCUT2D eigenvalue weighted by molar-refractivity contribution is 0.276. The highest BCUT2D eigenvalue weighted by molar-refractivity contribution is 7.46. The third kappa shape index (κ3) is 5.40. The van der Waals surface area contributed by atoms with Crippen LogP contribution in [0.5, 0.6) is 28.7 Å². The van der Waals surface area contributed by atoms with Crippen LogP contribution in [-0.4, -0.2) is 38.2 Å². The van der Waals surface area contributed by atoms with E-state index in [4.69, 9.17) is 33.3 Å². The quantitative estimate of drug-likeness (QED) is 0.414. The minimum atomic E-state index is -4.46. The molecule has 0 radical (unpaired) electrons. The van der Waals surface area contributed by atoms with Crippen LogP contribution in [0.25, 0.3) is 12.2 Å². The predicted octanol–water partition coefficient (Wildman–Crippen LogP) is 3.10. The van der Waals surface area contributed by atoms with Crippen molar-refractivity contribution in [1.82, 2.24) is 0 Å². The van der Waals surface area contributed by atoms with Crippen molar-refractivity contribution in [2.45, 2.75) is 0 Å². The molecule has 0 spiro atoms. The van der Waals surface area contributed by atoms with Gasteiger partial charge in [0.15, 0.2) is 23.0 Å². The molecule has 0 aliphatic heterocycles. The Hall–Kier alpha value is -2.67. The first-order valence-corrected chi connectivity index (χ1v) is 9.32. The van der Waals surface area contributed by atoms with Crippen molar-refractivity contribution in [3.63, 3.8) is 0 Å². The molecular formula is C18H22O8P+. The van der Waals surface area contributed by atoms with E-state index in [-0.39, 0.29) is 11.5 Å². The Morgan fingerprint density at radius 1 is 0.815 bits per heavy atom. The SMILES string of the molecule is COc1ccc(/C=C\c2cc(OC)c(OC)c(OC)c2)cc1OP(=O)(O)[OH2+]. The Labute approximate surface area is 157 Å². The van der Waals surface area contributed by atoms with Crippen molar-refractivity contribution < 1.29 is 37.8 Å². The summed E-state index contributed by atoms with van der Waals surface area (Å²) in [5, 5.41) is 0.